The molecule has 0 saturated heterocycles. The second-order valence-electron chi connectivity index (χ2n) is 5.48. The maximum Gasteiger partial charge on any atom is 0.0499 e. The molecule has 104 valence electrons. The van der Waals surface area contributed by atoms with Gasteiger partial charge in [-0.1, -0.05) is 65.2 Å². The van der Waals surface area contributed by atoms with Crippen molar-refractivity contribution >= 4 is 0 Å². The molecular weight excluding hydrogens is 210 g/mol. The molecule has 0 aliphatic rings. The number of nitrogens with two attached hydrogens (primary N) is 1. The molecule has 0 spiro atoms. The van der Waals surface area contributed by atoms with Crippen LogP contribution < -0.4 is 5.73 Å². The molecule has 0 amide bonds. The van der Waals surface area contributed by atoms with Crippen molar-refractivity contribution in [2.45, 2.75) is 78.1 Å². The summed E-state index contributed by atoms with van der Waals surface area (Å²) in [6, 6.07) is 0. The number of hydrogen-bond acceptors (Lipinski definition) is 2. The minimum absolute atomic E-state index is 0.0121. The Hall–Kier alpha value is -0.0800. The van der Waals surface area contributed by atoms with E-state index in [1.165, 1.54) is 44.9 Å². The van der Waals surface area contributed by atoms with Gasteiger partial charge in [0.15, 0.2) is 0 Å². The first-order valence-corrected chi connectivity index (χ1v) is 7.55. The summed E-state index contributed by atoms with van der Waals surface area (Å²) in [6.07, 6.45) is 12.6. The first-order chi connectivity index (χ1) is 8.24. The van der Waals surface area contributed by atoms with E-state index in [0.29, 0.717) is 6.54 Å². The zero-order valence-corrected chi connectivity index (χ0v) is 12.0. The summed E-state index contributed by atoms with van der Waals surface area (Å²) in [6.45, 7) is 5.31. The van der Waals surface area contributed by atoms with Crippen LogP contribution in [0.25, 0.3) is 0 Å². The maximum atomic E-state index is 9.50. The molecule has 3 N–H and O–H groups in total. The molecule has 0 aliphatic carbocycles. The highest BCUT2D eigenvalue weighted by Crippen LogP contribution is 2.29. The van der Waals surface area contributed by atoms with E-state index in [4.69, 9.17) is 5.73 Å². The van der Waals surface area contributed by atoms with E-state index in [-0.39, 0.29) is 12.0 Å². The van der Waals surface area contributed by atoms with Crippen LogP contribution in [0.5, 0.6) is 0 Å². The van der Waals surface area contributed by atoms with Crippen LogP contribution in [0.3, 0.4) is 0 Å². The van der Waals surface area contributed by atoms with Crippen LogP contribution in [0.4, 0.5) is 0 Å². The molecule has 0 fully saturated rings. The number of unbranched alkanes of at least 4 members (excludes halogenated alkanes) is 6. The van der Waals surface area contributed by atoms with Crippen molar-refractivity contribution in [3.63, 3.8) is 0 Å². The summed E-state index contributed by atoms with van der Waals surface area (Å²) in [5.41, 5.74) is 5.84. The normalized spacial score (nSPS) is 14.8. The topological polar surface area (TPSA) is 46.2 Å². The third-order valence-electron chi connectivity index (χ3n) is 3.86. The van der Waals surface area contributed by atoms with Crippen molar-refractivity contribution in [1.29, 1.82) is 0 Å². The molecule has 0 rings (SSSR count). The Labute approximate surface area is 108 Å². The number of rotatable bonds is 12. The largest absolute Gasteiger partial charge is 0.396 e. The van der Waals surface area contributed by atoms with Crippen molar-refractivity contribution < 1.29 is 5.11 Å². The molecule has 17 heavy (non-hydrogen) atoms. The molecule has 0 aliphatic heterocycles. The lowest BCUT2D eigenvalue weighted by molar-refractivity contribution is 0.108. The SMILES string of the molecule is CCCCCCCCCC(CN)(CO)CCC. The zero-order chi connectivity index (χ0) is 13.0. The van der Waals surface area contributed by atoms with Gasteiger partial charge in [0.05, 0.1) is 0 Å². The summed E-state index contributed by atoms with van der Waals surface area (Å²) in [7, 11) is 0. The van der Waals surface area contributed by atoms with Crippen LogP contribution in [0.1, 0.15) is 78.1 Å². The fourth-order valence-corrected chi connectivity index (χ4v) is 2.54. The minimum atomic E-state index is 0.0121. The summed E-state index contributed by atoms with van der Waals surface area (Å²) in [5.74, 6) is 0. The molecule has 2 heteroatoms. The highest BCUT2D eigenvalue weighted by molar-refractivity contribution is 4.79. The van der Waals surface area contributed by atoms with Crippen LogP contribution in [0.15, 0.2) is 0 Å². The molecule has 0 bridgehead atoms. The fourth-order valence-electron chi connectivity index (χ4n) is 2.54. The van der Waals surface area contributed by atoms with Crippen LogP contribution in [0.2, 0.25) is 0 Å². The van der Waals surface area contributed by atoms with Crippen molar-refractivity contribution in [3.05, 3.63) is 0 Å². The smallest absolute Gasteiger partial charge is 0.0499 e. The second kappa shape index (κ2) is 11.0. The van der Waals surface area contributed by atoms with Crippen molar-refractivity contribution in [3.8, 4) is 0 Å². The van der Waals surface area contributed by atoms with Gasteiger partial charge in [0.1, 0.15) is 0 Å². The first-order valence-electron chi connectivity index (χ1n) is 7.55. The molecule has 1 atom stereocenters. The van der Waals surface area contributed by atoms with Gasteiger partial charge in [0.25, 0.3) is 0 Å². The first kappa shape index (κ1) is 16.9. The highest BCUT2D eigenvalue weighted by Gasteiger charge is 2.25. The Bertz CT molecular complexity index is 155. The van der Waals surface area contributed by atoms with Crippen LogP contribution in [-0.2, 0) is 0 Å². The maximum absolute atomic E-state index is 9.50. The van der Waals surface area contributed by atoms with Gasteiger partial charge >= 0.3 is 0 Å². The number of aliphatic hydroxyl groups is 1. The molecule has 2 nitrogen and oxygen atoms in total. The molecular formula is C15H33NO. The van der Waals surface area contributed by atoms with Gasteiger partial charge in [-0.15, -0.1) is 0 Å². The predicted octanol–water partition coefficient (Wildman–Crippen LogP) is 3.86. The fraction of sp³-hybridized carbons (Fsp3) is 1.00. The standard InChI is InChI=1S/C15H33NO/c1-3-5-6-7-8-9-10-12-15(13-16,14-17)11-4-2/h17H,3-14,16H2,1-2H3. The molecule has 0 aromatic carbocycles. The summed E-state index contributed by atoms with van der Waals surface area (Å²) in [4.78, 5) is 0. The lowest BCUT2D eigenvalue weighted by atomic mass is 9.79. The van der Waals surface area contributed by atoms with E-state index in [1.807, 2.05) is 0 Å². The van der Waals surface area contributed by atoms with Gasteiger partial charge in [-0.05, 0) is 12.8 Å². The van der Waals surface area contributed by atoms with E-state index in [9.17, 15) is 5.11 Å². The Morgan fingerprint density at radius 3 is 1.88 bits per heavy atom. The van der Waals surface area contributed by atoms with Gasteiger partial charge < -0.3 is 10.8 Å². The van der Waals surface area contributed by atoms with Gasteiger partial charge in [-0.25, -0.2) is 0 Å². The lowest BCUT2D eigenvalue weighted by Gasteiger charge is -2.30. The summed E-state index contributed by atoms with van der Waals surface area (Å²) < 4.78 is 0. The van der Waals surface area contributed by atoms with E-state index in [0.717, 1.165) is 19.3 Å². The molecule has 0 saturated carbocycles. The lowest BCUT2D eigenvalue weighted by Crippen LogP contribution is -2.34. The monoisotopic (exact) mass is 243 g/mol. The summed E-state index contributed by atoms with van der Waals surface area (Å²) in [5, 5.41) is 9.50. The molecule has 0 radical (unpaired) electrons. The highest BCUT2D eigenvalue weighted by atomic mass is 16.3. The summed E-state index contributed by atoms with van der Waals surface area (Å²) >= 11 is 0. The van der Waals surface area contributed by atoms with E-state index in [2.05, 4.69) is 13.8 Å². The quantitative estimate of drug-likeness (QED) is 0.511. The van der Waals surface area contributed by atoms with Crippen molar-refractivity contribution in [2.24, 2.45) is 11.1 Å². The van der Waals surface area contributed by atoms with Gasteiger partial charge in [0, 0.05) is 18.6 Å². The zero-order valence-electron chi connectivity index (χ0n) is 12.0. The van der Waals surface area contributed by atoms with Crippen LogP contribution in [0, 0.1) is 5.41 Å². The molecule has 1 unspecified atom stereocenters. The molecule has 0 heterocycles. The third kappa shape index (κ3) is 7.77. The van der Waals surface area contributed by atoms with Gasteiger partial charge in [-0.3, -0.25) is 0 Å². The average Bonchev–Trinajstić information content (AvgIpc) is 2.36. The Balaban J connectivity index is 3.61. The number of hydrogen-bond donors (Lipinski definition) is 2. The molecule has 0 aromatic rings. The van der Waals surface area contributed by atoms with Crippen molar-refractivity contribution in [1.82, 2.24) is 0 Å². The van der Waals surface area contributed by atoms with Gasteiger partial charge in [-0.2, -0.15) is 0 Å². The Morgan fingerprint density at radius 1 is 0.824 bits per heavy atom. The second-order valence-corrected chi connectivity index (χ2v) is 5.48. The van der Waals surface area contributed by atoms with E-state index in [1.54, 1.807) is 0 Å². The van der Waals surface area contributed by atoms with Crippen LogP contribution in [-0.4, -0.2) is 18.3 Å². The third-order valence-corrected chi connectivity index (χ3v) is 3.86. The van der Waals surface area contributed by atoms with Crippen molar-refractivity contribution in [2.75, 3.05) is 13.2 Å². The minimum Gasteiger partial charge on any atom is -0.396 e. The average molecular weight is 243 g/mol. The van der Waals surface area contributed by atoms with E-state index >= 15 is 0 Å². The Kier molecular flexibility index (Phi) is 11.0. The van der Waals surface area contributed by atoms with E-state index < -0.39 is 0 Å². The van der Waals surface area contributed by atoms with Crippen LogP contribution >= 0.6 is 0 Å². The molecule has 0 aromatic heterocycles. The predicted molar refractivity (Wildman–Crippen MR) is 76.1 cm³/mol. The van der Waals surface area contributed by atoms with Gasteiger partial charge in [0.2, 0.25) is 0 Å². The number of aliphatic hydroxyl groups excluding tert-OH is 1. The Morgan fingerprint density at radius 2 is 1.41 bits per heavy atom.